The predicted molar refractivity (Wildman–Crippen MR) is 109 cm³/mol. The number of carbonyl (C=O) groups is 1. The Morgan fingerprint density at radius 2 is 1.86 bits per heavy atom. The van der Waals surface area contributed by atoms with E-state index in [2.05, 4.69) is 17.4 Å². The van der Waals surface area contributed by atoms with Crippen LogP contribution in [0.2, 0.25) is 0 Å². The quantitative estimate of drug-likeness (QED) is 0.592. The SMILES string of the molecule is C[C@H](C(=O)Nc1ccccc1F)[NH+]1CC[NH+](Cc2nc3ccccc3s2)CC1. The third-order valence-electron chi connectivity index (χ3n) is 5.48. The normalized spacial score (nSPS) is 20.8. The van der Waals surface area contributed by atoms with Crippen LogP contribution in [0.5, 0.6) is 0 Å². The summed E-state index contributed by atoms with van der Waals surface area (Å²) in [5.74, 6) is -0.530. The van der Waals surface area contributed by atoms with Crippen LogP contribution in [0, 0.1) is 5.82 Å². The number of benzene rings is 2. The van der Waals surface area contributed by atoms with Crippen LogP contribution >= 0.6 is 11.3 Å². The number of rotatable bonds is 5. The number of nitrogens with one attached hydrogen (secondary N) is 3. The van der Waals surface area contributed by atoms with Crippen molar-refractivity contribution in [3.05, 3.63) is 59.4 Å². The fourth-order valence-corrected chi connectivity index (χ4v) is 4.77. The van der Waals surface area contributed by atoms with Gasteiger partial charge in [-0.05, 0) is 31.2 Å². The van der Waals surface area contributed by atoms with Crippen molar-refractivity contribution in [3.8, 4) is 0 Å². The molecule has 1 aliphatic rings. The van der Waals surface area contributed by atoms with E-state index in [-0.39, 0.29) is 17.6 Å². The summed E-state index contributed by atoms with van der Waals surface area (Å²) in [5.41, 5.74) is 1.32. The summed E-state index contributed by atoms with van der Waals surface area (Å²) < 4.78 is 15.0. The van der Waals surface area contributed by atoms with Gasteiger partial charge in [0.05, 0.1) is 15.9 Å². The summed E-state index contributed by atoms with van der Waals surface area (Å²) in [6, 6.07) is 14.3. The Labute approximate surface area is 167 Å². The number of amides is 1. The number of carbonyl (C=O) groups excluding carboxylic acids is 1. The molecular formula is C21H25FN4OS+2. The van der Waals surface area contributed by atoms with Crippen LogP contribution < -0.4 is 15.1 Å². The second-order valence-corrected chi connectivity index (χ2v) is 8.47. The number of hydrogen-bond donors (Lipinski definition) is 3. The van der Waals surface area contributed by atoms with Crippen LogP contribution in [0.1, 0.15) is 11.9 Å². The fourth-order valence-electron chi connectivity index (χ4n) is 3.73. The second-order valence-electron chi connectivity index (χ2n) is 7.35. The molecule has 1 saturated heterocycles. The van der Waals surface area contributed by atoms with Crippen molar-refractivity contribution in [2.75, 3.05) is 31.5 Å². The zero-order valence-electron chi connectivity index (χ0n) is 15.9. The van der Waals surface area contributed by atoms with Gasteiger partial charge in [-0.2, -0.15) is 0 Å². The van der Waals surface area contributed by atoms with E-state index < -0.39 is 5.82 Å². The molecule has 1 atom stereocenters. The number of para-hydroxylation sites is 2. The molecule has 0 spiro atoms. The van der Waals surface area contributed by atoms with Gasteiger partial charge in [0.15, 0.2) is 6.04 Å². The fraction of sp³-hybridized carbons (Fsp3) is 0.333. The molecule has 0 unspecified atom stereocenters. The van der Waals surface area contributed by atoms with Gasteiger partial charge in [-0.3, -0.25) is 4.79 Å². The molecule has 0 aliphatic carbocycles. The third kappa shape index (κ3) is 4.22. The highest BCUT2D eigenvalue weighted by Gasteiger charge is 2.31. The van der Waals surface area contributed by atoms with Gasteiger partial charge in [-0.25, -0.2) is 9.37 Å². The molecule has 1 aliphatic heterocycles. The van der Waals surface area contributed by atoms with Crippen molar-refractivity contribution in [2.45, 2.75) is 19.5 Å². The van der Waals surface area contributed by atoms with E-state index in [1.165, 1.54) is 25.6 Å². The van der Waals surface area contributed by atoms with Gasteiger partial charge in [0.25, 0.3) is 5.91 Å². The number of quaternary nitrogens is 2. The highest BCUT2D eigenvalue weighted by atomic mass is 32.1. The minimum absolute atomic E-state index is 0.130. The van der Waals surface area contributed by atoms with Crippen LogP contribution in [0.15, 0.2) is 48.5 Å². The Morgan fingerprint density at radius 1 is 1.14 bits per heavy atom. The van der Waals surface area contributed by atoms with E-state index in [1.54, 1.807) is 29.5 Å². The summed E-state index contributed by atoms with van der Waals surface area (Å²) in [4.78, 5) is 20.0. The number of hydrogen-bond acceptors (Lipinski definition) is 3. The molecule has 2 heterocycles. The zero-order valence-corrected chi connectivity index (χ0v) is 16.7. The minimum atomic E-state index is -0.400. The maximum Gasteiger partial charge on any atom is 0.282 e. The predicted octanol–water partition coefficient (Wildman–Crippen LogP) is 0.746. The lowest BCUT2D eigenvalue weighted by molar-refractivity contribution is -1.02. The third-order valence-corrected chi connectivity index (χ3v) is 6.51. The first-order chi connectivity index (χ1) is 13.6. The lowest BCUT2D eigenvalue weighted by Gasteiger charge is -2.32. The van der Waals surface area contributed by atoms with E-state index in [0.717, 1.165) is 38.2 Å². The Hall–Kier alpha value is -2.35. The number of anilines is 1. The molecule has 1 fully saturated rings. The Balaban J connectivity index is 1.30. The van der Waals surface area contributed by atoms with E-state index in [0.29, 0.717) is 0 Å². The van der Waals surface area contributed by atoms with Crippen LogP contribution in [0.25, 0.3) is 10.2 Å². The summed E-state index contributed by atoms with van der Waals surface area (Å²) in [6.07, 6.45) is 0. The maximum absolute atomic E-state index is 13.8. The molecule has 4 rings (SSSR count). The van der Waals surface area contributed by atoms with Gasteiger partial charge in [-0.15, -0.1) is 11.3 Å². The molecule has 5 nitrogen and oxygen atoms in total. The molecule has 28 heavy (non-hydrogen) atoms. The monoisotopic (exact) mass is 400 g/mol. The van der Waals surface area contributed by atoms with Crippen LogP contribution in [-0.4, -0.2) is 43.1 Å². The molecule has 1 aromatic heterocycles. The topological polar surface area (TPSA) is 50.9 Å². The Morgan fingerprint density at radius 3 is 2.61 bits per heavy atom. The number of halogens is 1. The first-order valence-corrected chi connectivity index (χ1v) is 10.5. The van der Waals surface area contributed by atoms with Crippen molar-refractivity contribution in [1.29, 1.82) is 0 Å². The minimum Gasteiger partial charge on any atom is -0.320 e. The maximum atomic E-state index is 13.8. The number of thiazole rings is 1. The molecule has 3 N–H and O–H groups in total. The number of aromatic nitrogens is 1. The van der Waals surface area contributed by atoms with Gasteiger partial charge >= 0.3 is 0 Å². The smallest absolute Gasteiger partial charge is 0.282 e. The van der Waals surface area contributed by atoms with Crippen molar-refractivity contribution in [2.24, 2.45) is 0 Å². The Bertz CT molecular complexity index is 935. The van der Waals surface area contributed by atoms with Gasteiger partial charge in [0.2, 0.25) is 0 Å². The van der Waals surface area contributed by atoms with Crippen LogP contribution in [0.3, 0.4) is 0 Å². The summed E-state index contributed by atoms with van der Waals surface area (Å²) >= 11 is 1.77. The van der Waals surface area contributed by atoms with E-state index >= 15 is 0 Å². The molecule has 2 aromatic carbocycles. The van der Waals surface area contributed by atoms with Crippen molar-refractivity contribution < 1.29 is 19.0 Å². The lowest BCUT2D eigenvalue weighted by Crippen LogP contribution is -3.29. The van der Waals surface area contributed by atoms with Crippen LogP contribution in [0.4, 0.5) is 10.1 Å². The van der Waals surface area contributed by atoms with E-state index in [4.69, 9.17) is 4.98 Å². The lowest BCUT2D eigenvalue weighted by atomic mass is 10.2. The number of fused-ring (bicyclic) bond motifs is 1. The highest BCUT2D eigenvalue weighted by molar-refractivity contribution is 7.18. The largest absolute Gasteiger partial charge is 0.320 e. The van der Waals surface area contributed by atoms with Crippen molar-refractivity contribution in [1.82, 2.24) is 4.98 Å². The van der Waals surface area contributed by atoms with Gasteiger partial charge in [-0.1, -0.05) is 24.3 Å². The molecule has 0 saturated carbocycles. The standard InChI is InChI=1S/C21H23FN4OS/c1-15(21(27)24-17-7-3-2-6-16(17)22)26-12-10-25(11-13-26)14-20-23-18-8-4-5-9-19(18)28-20/h2-9,15H,10-14H2,1H3,(H,24,27)/p+2/t15-/m1/s1. The molecule has 7 heteroatoms. The average Bonchev–Trinajstić information content (AvgIpc) is 3.12. The molecular weight excluding hydrogens is 375 g/mol. The molecule has 0 bridgehead atoms. The van der Waals surface area contributed by atoms with E-state index in [9.17, 15) is 9.18 Å². The average molecular weight is 401 g/mol. The van der Waals surface area contributed by atoms with Crippen LogP contribution in [-0.2, 0) is 11.3 Å². The molecule has 0 radical (unpaired) electrons. The summed E-state index contributed by atoms with van der Waals surface area (Å²) in [7, 11) is 0. The first kappa shape index (κ1) is 19.0. The van der Waals surface area contributed by atoms with Gasteiger partial charge in [0, 0.05) is 0 Å². The molecule has 1 amide bonds. The first-order valence-electron chi connectivity index (χ1n) is 9.68. The number of piperazine rings is 1. The molecule has 146 valence electrons. The Kier molecular flexibility index (Phi) is 5.66. The molecule has 3 aromatic rings. The van der Waals surface area contributed by atoms with Gasteiger partial charge in [0.1, 0.15) is 43.5 Å². The van der Waals surface area contributed by atoms with Crippen molar-refractivity contribution in [3.63, 3.8) is 0 Å². The van der Waals surface area contributed by atoms with Crippen molar-refractivity contribution >= 4 is 33.1 Å². The zero-order chi connectivity index (χ0) is 19.5. The second kappa shape index (κ2) is 8.34. The summed E-state index contributed by atoms with van der Waals surface area (Å²) in [5, 5.41) is 3.89. The van der Waals surface area contributed by atoms with E-state index in [1.807, 2.05) is 19.1 Å². The highest BCUT2D eigenvalue weighted by Crippen LogP contribution is 2.20. The van der Waals surface area contributed by atoms with Gasteiger partial charge < -0.3 is 15.1 Å². The summed E-state index contributed by atoms with van der Waals surface area (Å²) in [6.45, 7) is 6.70. The number of nitrogens with zero attached hydrogens (tertiary/aromatic N) is 1.